The van der Waals surface area contributed by atoms with Gasteiger partial charge in [0, 0.05) is 31.8 Å². The largest absolute Gasteiger partial charge is 0.497 e. The van der Waals surface area contributed by atoms with Crippen molar-refractivity contribution in [2.75, 3.05) is 33.4 Å². The van der Waals surface area contributed by atoms with Crippen molar-refractivity contribution < 1.29 is 24.1 Å². The van der Waals surface area contributed by atoms with E-state index in [1.54, 1.807) is 31.4 Å². The molecule has 1 N–H and O–H groups in total. The summed E-state index contributed by atoms with van der Waals surface area (Å²) in [5.41, 5.74) is 1.80. The van der Waals surface area contributed by atoms with Gasteiger partial charge < -0.3 is 19.3 Å². The van der Waals surface area contributed by atoms with Crippen LogP contribution in [0.3, 0.4) is 0 Å². The molecule has 30 heavy (non-hydrogen) atoms. The van der Waals surface area contributed by atoms with Crippen LogP contribution < -0.4 is 9.47 Å². The van der Waals surface area contributed by atoms with Gasteiger partial charge in [-0.3, -0.25) is 9.69 Å². The summed E-state index contributed by atoms with van der Waals surface area (Å²) in [6, 6.07) is 15.0. The predicted octanol–water partition coefficient (Wildman–Crippen LogP) is 3.32. The molecule has 3 rings (SSSR count). The van der Waals surface area contributed by atoms with Crippen molar-refractivity contribution in [1.29, 1.82) is 0 Å². The van der Waals surface area contributed by atoms with Gasteiger partial charge in [0.05, 0.1) is 13.2 Å². The third-order valence-electron chi connectivity index (χ3n) is 5.22. The van der Waals surface area contributed by atoms with Gasteiger partial charge >= 0.3 is 0 Å². The van der Waals surface area contributed by atoms with Gasteiger partial charge in [0.1, 0.15) is 24.2 Å². The Balaban J connectivity index is 1.55. The maximum atomic E-state index is 11.4. The zero-order valence-electron chi connectivity index (χ0n) is 17.8. The average Bonchev–Trinajstić information content (AvgIpc) is 3.26. The average molecular weight is 414 g/mol. The first-order chi connectivity index (χ1) is 14.5. The number of aliphatic hydroxyl groups excluding tert-OH is 1. The summed E-state index contributed by atoms with van der Waals surface area (Å²) in [4.78, 5) is 13.6. The van der Waals surface area contributed by atoms with Gasteiger partial charge in [-0.25, -0.2) is 0 Å². The molecule has 1 aliphatic heterocycles. The number of methoxy groups -OCH3 is 1. The number of benzene rings is 2. The van der Waals surface area contributed by atoms with Gasteiger partial charge in [-0.15, -0.1) is 0 Å². The molecule has 0 spiro atoms. The Morgan fingerprint density at radius 1 is 1.17 bits per heavy atom. The normalized spacial score (nSPS) is 17.1. The molecule has 1 fully saturated rings. The van der Waals surface area contributed by atoms with Crippen molar-refractivity contribution in [2.24, 2.45) is 0 Å². The molecule has 2 aromatic carbocycles. The molecule has 6 heteroatoms. The molecule has 2 atom stereocenters. The number of hydrogen-bond donors (Lipinski definition) is 1. The summed E-state index contributed by atoms with van der Waals surface area (Å²) in [7, 11) is 1.66. The molecular weight excluding hydrogens is 382 g/mol. The fraction of sp³-hybridized carbons (Fsp3) is 0.458. The van der Waals surface area contributed by atoms with E-state index in [9.17, 15) is 9.90 Å². The Morgan fingerprint density at radius 3 is 2.47 bits per heavy atom. The highest BCUT2D eigenvalue weighted by Gasteiger charge is 2.21. The standard InChI is InChI=1S/C24H31NO5/c1-18(26)20-7-11-23(12-8-20)30-17-21(27)15-25(16-24-4-3-13-29-24)14-19-5-9-22(28-2)10-6-19/h5-12,21,24,27H,3-4,13-17H2,1-2H3. The summed E-state index contributed by atoms with van der Waals surface area (Å²) in [5.74, 6) is 1.48. The van der Waals surface area contributed by atoms with E-state index < -0.39 is 6.10 Å². The number of aliphatic hydroxyl groups is 1. The number of Topliss-reactive ketones (excluding diaryl/α,β-unsaturated/α-hetero) is 1. The number of ketones is 1. The van der Waals surface area contributed by atoms with E-state index in [2.05, 4.69) is 4.90 Å². The summed E-state index contributed by atoms with van der Waals surface area (Å²) < 4.78 is 16.7. The highest BCUT2D eigenvalue weighted by Crippen LogP contribution is 2.18. The fourth-order valence-electron chi connectivity index (χ4n) is 3.60. The predicted molar refractivity (Wildman–Crippen MR) is 115 cm³/mol. The van der Waals surface area contributed by atoms with Crippen LogP contribution in [0.4, 0.5) is 0 Å². The molecule has 0 aliphatic carbocycles. The van der Waals surface area contributed by atoms with Gasteiger partial charge in [0.15, 0.2) is 5.78 Å². The van der Waals surface area contributed by atoms with Crippen LogP contribution in [-0.4, -0.2) is 61.4 Å². The van der Waals surface area contributed by atoms with Crippen LogP contribution in [0.2, 0.25) is 0 Å². The first-order valence-electron chi connectivity index (χ1n) is 10.4. The molecule has 1 saturated heterocycles. The van der Waals surface area contributed by atoms with E-state index in [1.165, 1.54) is 6.92 Å². The van der Waals surface area contributed by atoms with Crippen LogP contribution in [0.1, 0.15) is 35.7 Å². The molecular formula is C24H31NO5. The minimum atomic E-state index is -0.642. The van der Waals surface area contributed by atoms with Crippen molar-refractivity contribution in [3.63, 3.8) is 0 Å². The molecule has 0 aromatic heterocycles. The van der Waals surface area contributed by atoms with E-state index in [-0.39, 0.29) is 18.5 Å². The highest BCUT2D eigenvalue weighted by molar-refractivity contribution is 5.94. The van der Waals surface area contributed by atoms with Crippen molar-refractivity contribution in [1.82, 2.24) is 4.90 Å². The molecule has 162 valence electrons. The molecule has 6 nitrogen and oxygen atoms in total. The summed E-state index contributed by atoms with van der Waals surface area (Å²) in [6.45, 7) is 4.50. The molecule has 1 heterocycles. The van der Waals surface area contributed by atoms with E-state index in [0.717, 1.165) is 37.3 Å². The second kappa shape index (κ2) is 11.1. The molecule has 2 aromatic rings. The zero-order valence-corrected chi connectivity index (χ0v) is 17.8. The number of nitrogens with zero attached hydrogens (tertiary/aromatic N) is 1. The Kier molecular flexibility index (Phi) is 8.25. The van der Waals surface area contributed by atoms with E-state index in [4.69, 9.17) is 14.2 Å². The highest BCUT2D eigenvalue weighted by atomic mass is 16.5. The van der Waals surface area contributed by atoms with E-state index in [1.807, 2.05) is 24.3 Å². The van der Waals surface area contributed by atoms with Crippen LogP contribution in [0.5, 0.6) is 11.5 Å². The first-order valence-corrected chi connectivity index (χ1v) is 10.4. The number of rotatable bonds is 11. The number of hydrogen-bond acceptors (Lipinski definition) is 6. The van der Waals surface area contributed by atoms with Crippen molar-refractivity contribution >= 4 is 5.78 Å². The van der Waals surface area contributed by atoms with Crippen molar-refractivity contribution in [2.45, 2.75) is 38.5 Å². The lowest BCUT2D eigenvalue weighted by Crippen LogP contribution is -2.39. The van der Waals surface area contributed by atoms with Crippen LogP contribution in [0.15, 0.2) is 48.5 Å². The second-order valence-electron chi connectivity index (χ2n) is 7.72. The Morgan fingerprint density at radius 2 is 1.87 bits per heavy atom. The third kappa shape index (κ3) is 6.83. The lowest BCUT2D eigenvalue weighted by Gasteiger charge is -2.27. The Hall–Kier alpha value is -2.41. The number of carbonyl (C=O) groups is 1. The third-order valence-corrected chi connectivity index (χ3v) is 5.22. The van der Waals surface area contributed by atoms with Crippen LogP contribution in [0.25, 0.3) is 0 Å². The van der Waals surface area contributed by atoms with Gasteiger partial charge in [-0.1, -0.05) is 12.1 Å². The van der Waals surface area contributed by atoms with Gasteiger partial charge in [-0.05, 0) is 61.7 Å². The topological polar surface area (TPSA) is 68.2 Å². The van der Waals surface area contributed by atoms with E-state index >= 15 is 0 Å². The van der Waals surface area contributed by atoms with Gasteiger partial charge in [0.2, 0.25) is 0 Å². The maximum absolute atomic E-state index is 11.4. The lowest BCUT2D eigenvalue weighted by atomic mass is 10.1. The molecule has 0 radical (unpaired) electrons. The zero-order chi connectivity index (χ0) is 21.3. The second-order valence-corrected chi connectivity index (χ2v) is 7.72. The van der Waals surface area contributed by atoms with Crippen molar-refractivity contribution in [3.05, 3.63) is 59.7 Å². The number of carbonyl (C=O) groups excluding carboxylic acids is 1. The quantitative estimate of drug-likeness (QED) is 0.570. The summed E-state index contributed by atoms with van der Waals surface area (Å²) in [6.07, 6.45) is 1.70. The molecule has 1 aliphatic rings. The number of ether oxygens (including phenoxy) is 3. The van der Waals surface area contributed by atoms with E-state index in [0.29, 0.717) is 24.4 Å². The SMILES string of the molecule is COc1ccc(CN(CC(O)COc2ccc(C(C)=O)cc2)CC2CCCO2)cc1. The summed E-state index contributed by atoms with van der Waals surface area (Å²) in [5, 5.41) is 10.6. The monoisotopic (exact) mass is 413 g/mol. The smallest absolute Gasteiger partial charge is 0.159 e. The Bertz CT molecular complexity index is 784. The molecule has 0 saturated carbocycles. The molecule has 2 unspecified atom stereocenters. The molecule has 0 amide bonds. The van der Waals surface area contributed by atoms with Gasteiger partial charge in [0.25, 0.3) is 0 Å². The maximum Gasteiger partial charge on any atom is 0.159 e. The van der Waals surface area contributed by atoms with Crippen LogP contribution in [-0.2, 0) is 11.3 Å². The Labute approximate surface area is 178 Å². The minimum absolute atomic E-state index is 0.0184. The lowest BCUT2D eigenvalue weighted by molar-refractivity contribution is 0.0313. The first kappa shape index (κ1) is 22.3. The fourth-order valence-corrected chi connectivity index (χ4v) is 3.60. The molecule has 0 bridgehead atoms. The van der Waals surface area contributed by atoms with Crippen LogP contribution >= 0.6 is 0 Å². The van der Waals surface area contributed by atoms with Crippen LogP contribution in [0, 0.1) is 0 Å². The van der Waals surface area contributed by atoms with Crippen molar-refractivity contribution in [3.8, 4) is 11.5 Å². The minimum Gasteiger partial charge on any atom is -0.497 e. The summed E-state index contributed by atoms with van der Waals surface area (Å²) >= 11 is 0. The van der Waals surface area contributed by atoms with Gasteiger partial charge in [-0.2, -0.15) is 0 Å².